The van der Waals surface area contributed by atoms with Gasteiger partial charge >= 0.3 is 0 Å². The van der Waals surface area contributed by atoms with Crippen LogP contribution in [0.25, 0.3) is 0 Å². The van der Waals surface area contributed by atoms with Crippen LogP contribution in [0.3, 0.4) is 0 Å². The molecule has 2 aromatic rings. The fourth-order valence-corrected chi connectivity index (χ4v) is 2.54. The van der Waals surface area contributed by atoms with E-state index in [9.17, 15) is 9.59 Å². The monoisotopic (exact) mass is 426 g/mol. The van der Waals surface area contributed by atoms with E-state index in [0.29, 0.717) is 22.6 Å². The number of hydrogen-bond donors (Lipinski definition) is 2. The van der Waals surface area contributed by atoms with Gasteiger partial charge in [0.2, 0.25) is 0 Å². The number of nitrogens with one attached hydrogen (secondary N) is 2. The van der Waals surface area contributed by atoms with Gasteiger partial charge in [0.05, 0.1) is 17.8 Å². The first kappa shape index (κ1) is 17.1. The zero-order valence-electron chi connectivity index (χ0n) is 12.6. The van der Waals surface area contributed by atoms with Crippen molar-refractivity contribution < 1.29 is 19.1 Å². The van der Waals surface area contributed by atoms with E-state index in [1.807, 2.05) is 0 Å². The van der Waals surface area contributed by atoms with E-state index in [1.54, 1.807) is 56.7 Å². The van der Waals surface area contributed by atoms with Gasteiger partial charge in [-0.2, -0.15) is 0 Å². The molecule has 0 aliphatic carbocycles. The van der Waals surface area contributed by atoms with Crippen molar-refractivity contribution in [3.8, 4) is 11.5 Å². The highest BCUT2D eigenvalue weighted by Gasteiger charge is 2.11. The molecule has 0 saturated carbocycles. The van der Waals surface area contributed by atoms with Crippen LogP contribution in [0.4, 0.5) is 0 Å². The van der Waals surface area contributed by atoms with Crippen LogP contribution in [0.1, 0.15) is 20.7 Å². The summed E-state index contributed by atoms with van der Waals surface area (Å²) in [4.78, 5) is 24.0. The summed E-state index contributed by atoms with van der Waals surface area (Å²) >= 11 is 2.07. The van der Waals surface area contributed by atoms with Crippen LogP contribution in [-0.4, -0.2) is 26.0 Å². The molecule has 0 unspecified atom stereocenters. The minimum absolute atomic E-state index is 0.410. The summed E-state index contributed by atoms with van der Waals surface area (Å²) in [6.07, 6.45) is 0. The van der Waals surface area contributed by atoms with Gasteiger partial charge in [-0.1, -0.05) is 0 Å². The summed E-state index contributed by atoms with van der Waals surface area (Å²) in [7, 11) is 3.11. The normalized spacial score (nSPS) is 9.87. The van der Waals surface area contributed by atoms with Crippen LogP contribution in [-0.2, 0) is 0 Å². The molecular weight excluding hydrogens is 411 g/mol. The molecule has 23 heavy (non-hydrogen) atoms. The van der Waals surface area contributed by atoms with E-state index in [-0.39, 0.29) is 0 Å². The first-order valence-corrected chi connectivity index (χ1v) is 7.71. The van der Waals surface area contributed by atoms with Crippen molar-refractivity contribution in [1.82, 2.24) is 10.9 Å². The number of hydrogen-bond acceptors (Lipinski definition) is 4. The third-order valence-corrected chi connectivity index (χ3v) is 3.90. The molecule has 0 bridgehead atoms. The second kappa shape index (κ2) is 7.82. The molecule has 0 aromatic heterocycles. The van der Waals surface area contributed by atoms with E-state index in [2.05, 4.69) is 33.4 Å². The van der Waals surface area contributed by atoms with Gasteiger partial charge in [0, 0.05) is 11.1 Å². The molecule has 0 heterocycles. The highest BCUT2D eigenvalue weighted by molar-refractivity contribution is 14.1. The maximum atomic E-state index is 12.0. The molecule has 0 saturated heterocycles. The Morgan fingerprint density at radius 3 is 1.96 bits per heavy atom. The highest BCUT2D eigenvalue weighted by atomic mass is 127. The maximum Gasteiger partial charge on any atom is 0.269 e. The second-order valence-electron chi connectivity index (χ2n) is 4.49. The SMILES string of the molecule is COc1ccc(C(=O)NNC(=O)c2ccc(OC)c(I)c2)cc1. The first-order chi connectivity index (χ1) is 11.0. The van der Waals surface area contributed by atoms with Crippen molar-refractivity contribution in [3.63, 3.8) is 0 Å². The Morgan fingerprint density at radius 1 is 0.870 bits per heavy atom. The zero-order valence-corrected chi connectivity index (χ0v) is 14.7. The third-order valence-electron chi connectivity index (χ3n) is 3.06. The number of carbonyl (C=O) groups excluding carboxylic acids is 2. The first-order valence-electron chi connectivity index (χ1n) is 6.63. The summed E-state index contributed by atoms with van der Waals surface area (Å²) in [5.74, 6) is 0.513. The quantitative estimate of drug-likeness (QED) is 0.582. The highest BCUT2D eigenvalue weighted by Crippen LogP contribution is 2.21. The van der Waals surface area contributed by atoms with Crippen LogP contribution < -0.4 is 20.3 Å². The number of halogens is 1. The van der Waals surface area contributed by atoms with E-state index >= 15 is 0 Å². The van der Waals surface area contributed by atoms with Crippen molar-refractivity contribution in [1.29, 1.82) is 0 Å². The molecule has 7 heteroatoms. The largest absolute Gasteiger partial charge is 0.497 e. The lowest BCUT2D eigenvalue weighted by Gasteiger charge is -2.09. The number of rotatable bonds is 4. The smallest absolute Gasteiger partial charge is 0.269 e. The van der Waals surface area contributed by atoms with Crippen molar-refractivity contribution in [2.45, 2.75) is 0 Å². The van der Waals surface area contributed by atoms with E-state index in [0.717, 1.165) is 3.57 Å². The number of amides is 2. The summed E-state index contributed by atoms with van der Waals surface area (Å²) in [5.41, 5.74) is 5.58. The average molecular weight is 426 g/mol. The summed E-state index contributed by atoms with van der Waals surface area (Å²) in [6, 6.07) is 11.5. The molecule has 0 aliphatic heterocycles. The average Bonchev–Trinajstić information content (AvgIpc) is 2.59. The Hall–Kier alpha value is -2.29. The number of methoxy groups -OCH3 is 2. The van der Waals surface area contributed by atoms with Gasteiger partial charge in [-0.25, -0.2) is 0 Å². The van der Waals surface area contributed by atoms with Gasteiger partial charge in [0.15, 0.2) is 0 Å². The minimum Gasteiger partial charge on any atom is -0.497 e. The Bertz CT molecular complexity index is 717. The molecule has 2 rings (SSSR count). The Kier molecular flexibility index (Phi) is 5.80. The lowest BCUT2D eigenvalue weighted by molar-refractivity contribution is 0.0846. The molecule has 0 atom stereocenters. The molecule has 0 fully saturated rings. The second-order valence-corrected chi connectivity index (χ2v) is 5.65. The fraction of sp³-hybridized carbons (Fsp3) is 0.125. The number of ether oxygens (including phenoxy) is 2. The van der Waals surface area contributed by atoms with Crippen LogP contribution in [0.2, 0.25) is 0 Å². The van der Waals surface area contributed by atoms with Gasteiger partial charge < -0.3 is 9.47 Å². The third kappa shape index (κ3) is 4.35. The summed E-state index contributed by atoms with van der Waals surface area (Å²) in [6.45, 7) is 0. The Labute approximate surface area is 147 Å². The molecule has 2 amide bonds. The van der Waals surface area contributed by atoms with Gasteiger partial charge in [-0.3, -0.25) is 20.4 Å². The van der Waals surface area contributed by atoms with Gasteiger partial charge in [0.1, 0.15) is 11.5 Å². The molecular formula is C16H15IN2O4. The van der Waals surface area contributed by atoms with Crippen molar-refractivity contribution in [3.05, 3.63) is 57.2 Å². The Morgan fingerprint density at radius 2 is 1.43 bits per heavy atom. The van der Waals surface area contributed by atoms with Crippen LogP contribution >= 0.6 is 22.6 Å². The van der Waals surface area contributed by atoms with Crippen LogP contribution in [0, 0.1) is 3.57 Å². The zero-order chi connectivity index (χ0) is 16.8. The van der Waals surface area contributed by atoms with E-state index in [1.165, 1.54) is 0 Å². The molecule has 120 valence electrons. The van der Waals surface area contributed by atoms with Crippen LogP contribution in [0.5, 0.6) is 11.5 Å². The molecule has 6 nitrogen and oxygen atoms in total. The van der Waals surface area contributed by atoms with E-state index < -0.39 is 11.8 Å². The van der Waals surface area contributed by atoms with Gasteiger partial charge in [0.25, 0.3) is 11.8 Å². The van der Waals surface area contributed by atoms with E-state index in [4.69, 9.17) is 9.47 Å². The van der Waals surface area contributed by atoms with Crippen molar-refractivity contribution in [2.75, 3.05) is 14.2 Å². The van der Waals surface area contributed by atoms with Crippen LogP contribution in [0.15, 0.2) is 42.5 Å². The Balaban J connectivity index is 1.97. The predicted octanol–water partition coefficient (Wildman–Crippen LogP) is 2.38. The lowest BCUT2D eigenvalue weighted by Crippen LogP contribution is -2.41. The number of hydrazine groups is 1. The topological polar surface area (TPSA) is 76.7 Å². The number of benzene rings is 2. The van der Waals surface area contributed by atoms with Gasteiger partial charge in [-0.05, 0) is 65.1 Å². The lowest BCUT2D eigenvalue weighted by atomic mass is 10.2. The fourth-order valence-electron chi connectivity index (χ4n) is 1.81. The van der Waals surface area contributed by atoms with Crippen molar-refractivity contribution >= 4 is 34.4 Å². The minimum atomic E-state index is -0.413. The van der Waals surface area contributed by atoms with Gasteiger partial charge in [-0.15, -0.1) is 0 Å². The van der Waals surface area contributed by atoms with Crippen molar-refractivity contribution in [2.24, 2.45) is 0 Å². The number of carbonyl (C=O) groups is 2. The summed E-state index contributed by atoms with van der Waals surface area (Å²) < 4.78 is 11.0. The standard InChI is InChI=1S/C16H15IN2O4/c1-22-12-6-3-10(4-7-12)15(20)18-19-16(21)11-5-8-14(23-2)13(17)9-11/h3-9H,1-2H3,(H,18,20)(H,19,21). The molecule has 2 aromatic carbocycles. The summed E-state index contributed by atoms with van der Waals surface area (Å²) in [5, 5.41) is 0. The molecule has 0 spiro atoms. The maximum absolute atomic E-state index is 12.0. The molecule has 0 aliphatic rings. The molecule has 0 radical (unpaired) electrons. The molecule has 2 N–H and O–H groups in total. The predicted molar refractivity (Wildman–Crippen MR) is 93.6 cm³/mol.